The summed E-state index contributed by atoms with van der Waals surface area (Å²) < 4.78 is 7.17. The molecule has 0 spiro atoms. The molecule has 5 nitrogen and oxygen atoms in total. The number of hydrogen-bond acceptors (Lipinski definition) is 3. The number of aliphatic carboxylic acids is 1. The van der Waals surface area contributed by atoms with Gasteiger partial charge in [0.1, 0.15) is 0 Å². The van der Waals surface area contributed by atoms with Crippen LogP contribution in [0.3, 0.4) is 0 Å². The summed E-state index contributed by atoms with van der Waals surface area (Å²) in [7, 11) is 0. The Morgan fingerprint density at radius 2 is 2.31 bits per heavy atom. The molecule has 1 aliphatic heterocycles. The van der Waals surface area contributed by atoms with Crippen molar-refractivity contribution in [1.29, 1.82) is 0 Å². The number of carboxylic acids is 1. The van der Waals surface area contributed by atoms with Crippen molar-refractivity contribution >= 4 is 12.0 Å². The monoisotopic (exact) mass is 222 g/mol. The fourth-order valence-electron chi connectivity index (χ4n) is 1.76. The lowest BCUT2D eigenvalue weighted by molar-refractivity contribution is -0.131. The lowest BCUT2D eigenvalue weighted by Crippen LogP contribution is -2.19. The number of ether oxygens (including phenoxy) is 1. The summed E-state index contributed by atoms with van der Waals surface area (Å²) in [6.07, 6.45) is 8.13. The molecule has 1 fully saturated rings. The van der Waals surface area contributed by atoms with Crippen LogP contribution in [-0.2, 0) is 9.53 Å². The third-order valence-corrected chi connectivity index (χ3v) is 2.60. The van der Waals surface area contributed by atoms with Crippen molar-refractivity contribution in [3.8, 4) is 0 Å². The molecule has 2 heterocycles. The summed E-state index contributed by atoms with van der Waals surface area (Å²) in [6, 6.07) is 0.376. The largest absolute Gasteiger partial charge is 0.478 e. The van der Waals surface area contributed by atoms with Gasteiger partial charge in [0.05, 0.1) is 12.2 Å². The zero-order chi connectivity index (χ0) is 11.4. The van der Waals surface area contributed by atoms with Gasteiger partial charge in [-0.25, -0.2) is 4.79 Å². The normalized spacial score (nSPS) is 18.0. The van der Waals surface area contributed by atoms with Crippen LogP contribution >= 0.6 is 0 Å². The SMILES string of the molecule is O=C(O)/C=C/c1cnn(C2CCOCC2)c1. The maximum Gasteiger partial charge on any atom is 0.328 e. The van der Waals surface area contributed by atoms with Crippen LogP contribution in [0.4, 0.5) is 0 Å². The standard InChI is InChI=1S/C11H14N2O3/c14-11(15)2-1-9-7-12-13(8-9)10-3-5-16-6-4-10/h1-2,7-8,10H,3-6H2,(H,14,15)/b2-1+. The molecule has 0 bridgehead atoms. The van der Waals surface area contributed by atoms with Crippen molar-refractivity contribution < 1.29 is 14.6 Å². The van der Waals surface area contributed by atoms with Crippen molar-refractivity contribution in [3.63, 3.8) is 0 Å². The maximum absolute atomic E-state index is 10.4. The van der Waals surface area contributed by atoms with E-state index in [4.69, 9.17) is 9.84 Å². The predicted octanol–water partition coefficient (Wildman–Crippen LogP) is 1.33. The Kier molecular flexibility index (Phi) is 3.36. The molecule has 0 aliphatic carbocycles. The summed E-state index contributed by atoms with van der Waals surface area (Å²) in [5, 5.41) is 12.7. The quantitative estimate of drug-likeness (QED) is 0.784. The van der Waals surface area contributed by atoms with E-state index in [1.54, 1.807) is 12.3 Å². The Labute approximate surface area is 93.3 Å². The second-order valence-electron chi connectivity index (χ2n) is 3.77. The minimum Gasteiger partial charge on any atom is -0.478 e. The van der Waals surface area contributed by atoms with Crippen molar-refractivity contribution in [1.82, 2.24) is 9.78 Å². The average Bonchev–Trinajstić information content (AvgIpc) is 2.76. The first kappa shape index (κ1) is 10.9. The summed E-state index contributed by atoms with van der Waals surface area (Å²) in [5.41, 5.74) is 0.814. The van der Waals surface area contributed by atoms with Crippen LogP contribution in [0.1, 0.15) is 24.4 Å². The number of hydrogen-bond donors (Lipinski definition) is 1. The molecule has 16 heavy (non-hydrogen) atoms. The molecular formula is C11H14N2O3. The van der Waals surface area contributed by atoms with Gasteiger partial charge in [0, 0.05) is 31.1 Å². The Hall–Kier alpha value is -1.62. The van der Waals surface area contributed by atoms with Crippen LogP contribution in [0.15, 0.2) is 18.5 Å². The smallest absolute Gasteiger partial charge is 0.328 e. The third-order valence-electron chi connectivity index (χ3n) is 2.60. The van der Waals surface area contributed by atoms with Gasteiger partial charge in [-0.2, -0.15) is 5.10 Å². The molecule has 1 aromatic rings. The number of aromatic nitrogens is 2. The van der Waals surface area contributed by atoms with Gasteiger partial charge >= 0.3 is 5.97 Å². The molecule has 1 aliphatic rings. The molecular weight excluding hydrogens is 208 g/mol. The van der Waals surface area contributed by atoms with Crippen LogP contribution in [0, 0.1) is 0 Å². The molecule has 0 atom stereocenters. The summed E-state index contributed by atoms with van der Waals surface area (Å²) in [6.45, 7) is 1.54. The second kappa shape index (κ2) is 4.94. The molecule has 0 amide bonds. The summed E-state index contributed by atoms with van der Waals surface area (Å²) in [4.78, 5) is 10.4. The molecule has 1 saturated heterocycles. The fraction of sp³-hybridized carbons (Fsp3) is 0.455. The molecule has 0 aromatic carbocycles. The van der Waals surface area contributed by atoms with E-state index in [0.29, 0.717) is 6.04 Å². The molecule has 86 valence electrons. The lowest BCUT2D eigenvalue weighted by Gasteiger charge is -2.22. The molecule has 1 N–H and O–H groups in total. The van der Waals surface area contributed by atoms with E-state index < -0.39 is 5.97 Å². The van der Waals surface area contributed by atoms with E-state index in [0.717, 1.165) is 37.7 Å². The Morgan fingerprint density at radius 1 is 1.56 bits per heavy atom. The van der Waals surface area contributed by atoms with Gasteiger partial charge in [0.25, 0.3) is 0 Å². The Bertz CT molecular complexity index is 392. The van der Waals surface area contributed by atoms with E-state index in [-0.39, 0.29) is 0 Å². The van der Waals surface area contributed by atoms with E-state index >= 15 is 0 Å². The highest BCUT2D eigenvalue weighted by molar-refractivity contribution is 5.85. The van der Waals surface area contributed by atoms with Gasteiger partial charge in [-0.05, 0) is 18.9 Å². The lowest BCUT2D eigenvalue weighted by atomic mass is 10.1. The second-order valence-corrected chi connectivity index (χ2v) is 3.77. The van der Waals surface area contributed by atoms with Crippen LogP contribution in [0.5, 0.6) is 0 Å². The number of carbonyl (C=O) groups is 1. The number of carboxylic acid groups (broad SMARTS) is 1. The minimum absolute atomic E-state index is 0.376. The number of rotatable bonds is 3. The van der Waals surface area contributed by atoms with Crippen molar-refractivity contribution in [2.24, 2.45) is 0 Å². The van der Waals surface area contributed by atoms with E-state index in [1.807, 2.05) is 10.9 Å². The van der Waals surface area contributed by atoms with Crippen molar-refractivity contribution in [3.05, 3.63) is 24.0 Å². The zero-order valence-corrected chi connectivity index (χ0v) is 8.87. The van der Waals surface area contributed by atoms with Crippen LogP contribution in [0.2, 0.25) is 0 Å². The highest BCUT2D eigenvalue weighted by Gasteiger charge is 2.15. The van der Waals surface area contributed by atoms with Gasteiger partial charge in [-0.1, -0.05) is 0 Å². The minimum atomic E-state index is -0.946. The molecule has 2 rings (SSSR count). The predicted molar refractivity (Wildman–Crippen MR) is 58.0 cm³/mol. The number of nitrogens with zero attached hydrogens (tertiary/aromatic N) is 2. The first-order valence-electron chi connectivity index (χ1n) is 5.28. The zero-order valence-electron chi connectivity index (χ0n) is 8.87. The molecule has 1 aromatic heterocycles. The van der Waals surface area contributed by atoms with E-state index in [9.17, 15) is 4.79 Å². The van der Waals surface area contributed by atoms with Gasteiger partial charge in [-0.3, -0.25) is 4.68 Å². The van der Waals surface area contributed by atoms with Crippen molar-refractivity contribution in [2.45, 2.75) is 18.9 Å². The van der Waals surface area contributed by atoms with Crippen LogP contribution < -0.4 is 0 Å². The van der Waals surface area contributed by atoms with Crippen molar-refractivity contribution in [2.75, 3.05) is 13.2 Å². The Morgan fingerprint density at radius 3 is 3.00 bits per heavy atom. The first-order chi connectivity index (χ1) is 7.75. The topological polar surface area (TPSA) is 64.3 Å². The van der Waals surface area contributed by atoms with Gasteiger partial charge < -0.3 is 9.84 Å². The average molecular weight is 222 g/mol. The highest BCUT2D eigenvalue weighted by atomic mass is 16.5. The third kappa shape index (κ3) is 2.70. The Balaban J connectivity index is 2.03. The molecule has 5 heteroatoms. The molecule has 0 unspecified atom stereocenters. The van der Waals surface area contributed by atoms with Crippen LogP contribution in [0.25, 0.3) is 6.08 Å². The van der Waals surface area contributed by atoms with Gasteiger partial charge in [-0.15, -0.1) is 0 Å². The molecule has 0 saturated carbocycles. The summed E-state index contributed by atoms with van der Waals surface area (Å²) in [5.74, 6) is -0.946. The van der Waals surface area contributed by atoms with Crippen LogP contribution in [-0.4, -0.2) is 34.1 Å². The van der Waals surface area contributed by atoms with E-state index in [2.05, 4.69) is 5.10 Å². The van der Waals surface area contributed by atoms with Gasteiger partial charge in [0.15, 0.2) is 0 Å². The maximum atomic E-state index is 10.4. The van der Waals surface area contributed by atoms with Gasteiger partial charge in [0.2, 0.25) is 0 Å². The molecule has 0 radical (unpaired) electrons. The highest BCUT2D eigenvalue weighted by Crippen LogP contribution is 2.20. The first-order valence-corrected chi connectivity index (χ1v) is 5.28. The fourth-order valence-corrected chi connectivity index (χ4v) is 1.76. The summed E-state index contributed by atoms with van der Waals surface area (Å²) >= 11 is 0. The van der Waals surface area contributed by atoms with E-state index in [1.165, 1.54) is 0 Å².